The number of rotatable bonds is 4. The molecule has 0 bridgehead atoms. The second-order valence-electron chi connectivity index (χ2n) is 6.74. The number of hydrogen-bond donors (Lipinski definition) is 1. The van der Waals surface area contributed by atoms with Crippen molar-refractivity contribution in [1.29, 1.82) is 0 Å². The Kier molecular flexibility index (Phi) is 3.99. The average molecular weight is 338 g/mol. The molecule has 2 aliphatic rings. The molecule has 0 atom stereocenters. The summed E-state index contributed by atoms with van der Waals surface area (Å²) in [7, 11) is 0. The summed E-state index contributed by atoms with van der Waals surface area (Å²) in [4.78, 5) is 14.8. The number of nitrogens with zero attached hydrogens (tertiary/aromatic N) is 1. The van der Waals surface area contributed by atoms with Gasteiger partial charge in [-0.3, -0.25) is 0 Å². The highest BCUT2D eigenvalue weighted by Crippen LogP contribution is 2.35. The summed E-state index contributed by atoms with van der Waals surface area (Å²) in [5, 5.41) is 3.10. The normalized spacial score (nSPS) is 15.1. The predicted octanol–water partition coefficient (Wildman–Crippen LogP) is 4.23. The van der Waals surface area contributed by atoms with E-state index in [2.05, 4.69) is 5.32 Å². The minimum Gasteiger partial charge on any atom is -0.454 e. The van der Waals surface area contributed by atoms with Crippen LogP contribution >= 0.6 is 0 Å². The molecule has 2 aromatic rings. The van der Waals surface area contributed by atoms with E-state index in [9.17, 15) is 4.79 Å². The zero-order valence-electron chi connectivity index (χ0n) is 14.5. The lowest BCUT2D eigenvalue weighted by molar-refractivity contribution is 0.174. The molecule has 1 N–H and O–H groups in total. The van der Waals surface area contributed by atoms with Crippen LogP contribution in [0.25, 0.3) is 0 Å². The van der Waals surface area contributed by atoms with E-state index in [0.29, 0.717) is 12.6 Å². The van der Waals surface area contributed by atoms with Gasteiger partial charge in [0.2, 0.25) is 6.79 Å². The first kappa shape index (κ1) is 15.8. The molecule has 130 valence electrons. The van der Waals surface area contributed by atoms with E-state index < -0.39 is 0 Å². The van der Waals surface area contributed by atoms with Crippen LogP contribution < -0.4 is 14.8 Å². The van der Waals surface area contributed by atoms with E-state index in [1.54, 1.807) is 0 Å². The maximum absolute atomic E-state index is 12.9. The van der Waals surface area contributed by atoms with Gasteiger partial charge in [-0.1, -0.05) is 24.3 Å². The minimum absolute atomic E-state index is 0.0439. The SMILES string of the molecule is Cc1cccc(C)c1NC(=O)N(Cc1ccc2c(c1)OCO2)C1CC1. The number of para-hydroxylation sites is 1. The fourth-order valence-electron chi connectivity index (χ4n) is 3.18. The molecule has 1 heterocycles. The van der Waals surface area contributed by atoms with Gasteiger partial charge in [0.1, 0.15) is 0 Å². The molecule has 2 aromatic carbocycles. The number of nitrogens with one attached hydrogen (secondary N) is 1. The maximum atomic E-state index is 12.9. The van der Waals surface area contributed by atoms with Crippen LogP contribution in [0.1, 0.15) is 29.5 Å². The molecule has 25 heavy (non-hydrogen) atoms. The Hall–Kier alpha value is -2.69. The zero-order valence-corrected chi connectivity index (χ0v) is 14.5. The highest BCUT2D eigenvalue weighted by atomic mass is 16.7. The Bertz CT molecular complexity index is 794. The molecule has 0 unspecified atom stereocenters. The monoisotopic (exact) mass is 338 g/mol. The van der Waals surface area contributed by atoms with E-state index in [-0.39, 0.29) is 12.8 Å². The molecule has 0 saturated heterocycles. The van der Waals surface area contributed by atoms with Crippen molar-refractivity contribution in [2.24, 2.45) is 0 Å². The fraction of sp³-hybridized carbons (Fsp3) is 0.350. The van der Waals surface area contributed by atoms with Crippen molar-refractivity contribution in [3.63, 3.8) is 0 Å². The van der Waals surface area contributed by atoms with Gasteiger partial charge >= 0.3 is 6.03 Å². The first-order valence-electron chi connectivity index (χ1n) is 8.64. The number of benzene rings is 2. The third-order valence-electron chi connectivity index (χ3n) is 4.75. The molecule has 0 radical (unpaired) electrons. The molecule has 1 aliphatic carbocycles. The second kappa shape index (κ2) is 6.31. The molecule has 1 fully saturated rings. The van der Waals surface area contributed by atoms with Crippen molar-refractivity contribution in [2.75, 3.05) is 12.1 Å². The van der Waals surface area contributed by atoms with Crippen LogP contribution in [0, 0.1) is 13.8 Å². The number of hydrogen-bond acceptors (Lipinski definition) is 3. The van der Waals surface area contributed by atoms with E-state index >= 15 is 0 Å². The number of fused-ring (bicyclic) bond motifs is 1. The van der Waals surface area contributed by atoms with Crippen LogP contribution in [0.15, 0.2) is 36.4 Å². The van der Waals surface area contributed by atoms with Crippen LogP contribution in [-0.4, -0.2) is 23.8 Å². The van der Waals surface area contributed by atoms with Gasteiger partial charge in [-0.15, -0.1) is 0 Å². The number of anilines is 1. The Morgan fingerprint density at radius 2 is 1.84 bits per heavy atom. The van der Waals surface area contributed by atoms with E-state index in [1.807, 2.05) is 55.1 Å². The van der Waals surface area contributed by atoms with Gasteiger partial charge in [0, 0.05) is 18.3 Å². The Labute approximate surface area is 147 Å². The molecular formula is C20H22N2O3. The van der Waals surface area contributed by atoms with Gasteiger partial charge in [-0.2, -0.15) is 0 Å². The fourth-order valence-corrected chi connectivity index (χ4v) is 3.18. The third kappa shape index (κ3) is 3.27. The predicted molar refractivity (Wildman–Crippen MR) is 96.1 cm³/mol. The molecule has 1 aliphatic heterocycles. The molecular weight excluding hydrogens is 316 g/mol. The van der Waals surface area contributed by atoms with E-state index in [4.69, 9.17) is 9.47 Å². The van der Waals surface area contributed by atoms with Gasteiger partial charge in [-0.25, -0.2) is 4.79 Å². The van der Waals surface area contributed by atoms with Gasteiger partial charge in [0.05, 0.1) is 0 Å². The summed E-state index contributed by atoms with van der Waals surface area (Å²) in [6, 6.07) is 12.2. The Balaban J connectivity index is 1.52. The summed E-state index contributed by atoms with van der Waals surface area (Å²) in [6.07, 6.45) is 2.12. The summed E-state index contributed by atoms with van der Waals surface area (Å²) in [5.74, 6) is 1.52. The van der Waals surface area contributed by atoms with Crippen molar-refractivity contribution in [2.45, 2.75) is 39.3 Å². The molecule has 2 amide bonds. The van der Waals surface area contributed by atoms with Crippen LogP contribution in [0.5, 0.6) is 11.5 Å². The second-order valence-corrected chi connectivity index (χ2v) is 6.74. The van der Waals surface area contributed by atoms with Crippen molar-refractivity contribution in [3.8, 4) is 11.5 Å². The number of carbonyl (C=O) groups excluding carboxylic acids is 1. The number of aryl methyl sites for hydroxylation is 2. The molecule has 0 aromatic heterocycles. The van der Waals surface area contributed by atoms with Gasteiger partial charge in [0.25, 0.3) is 0 Å². The smallest absolute Gasteiger partial charge is 0.322 e. The lowest BCUT2D eigenvalue weighted by Crippen LogP contribution is -2.36. The molecule has 1 saturated carbocycles. The average Bonchev–Trinajstić information content (AvgIpc) is 3.33. The van der Waals surface area contributed by atoms with Gasteiger partial charge in [0.15, 0.2) is 11.5 Å². The van der Waals surface area contributed by atoms with Gasteiger partial charge in [-0.05, 0) is 55.5 Å². The number of carbonyl (C=O) groups is 1. The minimum atomic E-state index is -0.0439. The van der Waals surface area contributed by atoms with Crippen molar-refractivity contribution >= 4 is 11.7 Å². The molecule has 5 nitrogen and oxygen atoms in total. The lowest BCUT2D eigenvalue weighted by atomic mass is 10.1. The Morgan fingerprint density at radius 3 is 2.56 bits per heavy atom. The quantitative estimate of drug-likeness (QED) is 0.908. The number of urea groups is 1. The maximum Gasteiger partial charge on any atom is 0.322 e. The van der Waals surface area contributed by atoms with Crippen molar-refractivity contribution in [1.82, 2.24) is 4.90 Å². The number of amides is 2. The summed E-state index contributed by atoms with van der Waals surface area (Å²) in [6.45, 7) is 4.86. The van der Waals surface area contributed by atoms with E-state index in [1.165, 1.54) is 0 Å². The zero-order chi connectivity index (χ0) is 17.4. The van der Waals surface area contributed by atoms with Crippen LogP contribution in [0.4, 0.5) is 10.5 Å². The molecule has 0 spiro atoms. The lowest BCUT2D eigenvalue weighted by Gasteiger charge is -2.24. The first-order valence-corrected chi connectivity index (χ1v) is 8.64. The Morgan fingerprint density at radius 1 is 1.12 bits per heavy atom. The van der Waals surface area contributed by atoms with Gasteiger partial charge < -0.3 is 19.7 Å². The third-order valence-corrected chi connectivity index (χ3v) is 4.75. The highest BCUT2D eigenvalue weighted by molar-refractivity contribution is 5.91. The first-order chi connectivity index (χ1) is 12.1. The van der Waals surface area contributed by atoms with Crippen LogP contribution in [0.3, 0.4) is 0 Å². The summed E-state index contributed by atoms with van der Waals surface area (Å²) < 4.78 is 10.8. The molecule has 5 heteroatoms. The highest BCUT2D eigenvalue weighted by Gasteiger charge is 2.33. The van der Waals surface area contributed by atoms with Crippen LogP contribution in [-0.2, 0) is 6.54 Å². The standard InChI is InChI=1S/C20H22N2O3/c1-13-4-3-5-14(2)19(13)21-20(23)22(16-7-8-16)11-15-6-9-17-18(10-15)25-12-24-17/h3-6,9-10,16H,7-8,11-12H2,1-2H3,(H,21,23). The van der Waals surface area contributed by atoms with E-state index in [0.717, 1.165) is 46.7 Å². The topological polar surface area (TPSA) is 50.8 Å². The largest absolute Gasteiger partial charge is 0.454 e. The number of ether oxygens (including phenoxy) is 2. The van der Waals surface area contributed by atoms with Crippen LogP contribution in [0.2, 0.25) is 0 Å². The molecule has 4 rings (SSSR count). The summed E-state index contributed by atoms with van der Waals surface area (Å²) >= 11 is 0. The van der Waals surface area contributed by atoms with Crippen molar-refractivity contribution in [3.05, 3.63) is 53.1 Å². The summed E-state index contributed by atoms with van der Waals surface area (Å²) in [5.41, 5.74) is 4.11. The van der Waals surface area contributed by atoms with Crippen molar-refractivity contribution < 1.29 is 14.3 Å².